The highest BCUT2D eigenvalue weighted by Gasteiger charge is 2.33. The highest BCUT2D eigenvalue weighted by Crippen LogP contribution is 2.16. The van der Waals surface area contributed by atoms with Crippen molar-refractivity contribution < 1.29 is 9.59 Å². The van der Waals surface area contributed by atoms with E-state index in [9.17, 15) is 9.59 Å². The lowest BCUT2D eigenvalue weighted by Crippen LogP contribution is -2.57. The van der Waals surface area contributed by atoms with Gasteiger partial charge in [0.15, 0.2) is 5.69 Å². The molecule has 1 atom stereocenters. The second-order valence-corrected chi connectivity index (χ2v) is 5.63. The molecular formula is C17H20N4O2. The molecule has 2 heterocycles. The van der Waals surface area contributed by atoms with E-state index in [1.54, 1.807) is 15.6 Å². The number of carbonyl (C=O) groups excluding carboxylic acids is 2. The van der Waals surface area contributed by atoms with Gasteiger partial charge >= 0.3 is 0 Å². The fourth-order valence-electron chi connectivity index (χ4n) is 2.92. The van der Waals surface area contributed by atoms with Gasteiger partial charge in [0.1, 0.15) is 6.04 Å². The van der Waals surface area contributed by atoms with Gasteiger partial charge in [-0.05, 0) is 31.5 Å². The Labute approximate surface area is 135 Å². The molecule has 0 bridgehead atoms. The molecule has 1 aromatic heterocycles. The normalized spacial score (nSPS) is 17.9. The quantitative estimate of drug-likeness (QED) is 0.934. The van der Waals surface area contributed by atoms with Crippen molar-refractivity contribution in [2.75, 3.05) is 13.1 Å². The van der Waals surface area contributed by atoms with E-state index in [-0.39, 0.29) is 11.8 Å². The Hall–Kier alpha value is -2.63. The molecular weight excluding hydrogens is 292 g/mol. The topological polar surface area (TPSA) is 67.2 Å². The van der Waals surface area contributed by atoms with Crippen molar-refractivity contribution in [3.63, 3.8) is 0 Å². The molecule has 1 aromatic carbocycles. The molecule has 3 rings (SSSR count). The fourth-order valence-corrected chi connectivity index (χ4v) is 2.92. The van der Waals surface area contributed by atoms with Crippen molar-refractivity contribution in [1.82, 2.24) is 20.0 Å². The van der Waals surface area contributed by atoms with Crippen LogP contribution in [0, 0.1) is 6.92 Å². The first-order chi connectivity index (χ1) is 11.1. The number of aromatic nitrogens is 2. The Morgan fingerprint density at radius 3 is 2.78 bits per heavy atom. The number of amides is 2. The number of carbonyl (C=O) groups is 2. The lowest BCUT2D eigenvalue weighted by molar-refractivity contribution is -0.127. The fraction of sp³-hybridized carbons (Fsp3) is 0.353. The van der Waals surface area contributed by atoms with Crippen LogP contribution >= 0.6 is 0 Å². The minimum atomic E-state index is -0.418. The maximum Gasteiger partial charge on any atom is 0.275 e. The van der Waals surface area contributed by atoms with Gasteiger partial charge in [0.2, 0.25) is 5.91 Å². The van der Waals surface area contributed by atoms with Crippen LogP contribution in [0.15, 0.2) is 36.4 Å². The average molecular weight is 312 g/mol. The largest absolute Gasteiger partial charge is 0.353 e. The monoisotopic (exact) mass is 312 g/mol. The van der Waals surface area contributed by atoms with Crippen molar-refractivity contribution in [3.8, 4) is 5.69 Å². The van der Waals surface area contributed by atoms with Crippen LogP contribution in [0.4, 0.5) is 0 Å². The molecule has 1 aliphatic heterocycles. The van der Waals surface area contributed by atoms with Crippen LogP contribution in [0.5, 0.6) is 0 Å². The van der Waals surface area contributed by atoms with Crippen molar-refractivity contribution in [3.05, 3.63) is 47.8 Å². The summed E-state index contributed by atoms with van der Waals surface area (Å²) in [5, 5.41) is 7.25. The van der Waals surface area contributed by atoms with E-state index < -0.39 is 6.04 Å². The zero-order chi connectivity index (χ0) is 16.4. The van der Waals surface area contributed by atoms with Gasteiger partial charge in [-0.25, -0.2) is 4.68 Å². The Morgan fingerprint density at radius 2 is 2.09 bits per heavy atom. The van der Waals surface area contributed by atoms with Crippen molar-refractivity contribution in [1.29, 1.82) is 0 Å². The second kappa shape index (κ2) is 6.24. The zero-order valence-electron chi connectivity index (χ0n) is 13.3. The van der Waals surface area contributed by atoms with E-state index in [0.29, 0.717) is 25.2 Å². The third-order valence-electron chi connectivity index (χ3n) is 4.09. The standard InChI is InChI=1S/C17H20N4O2/c1-3-15-16(22)18-9-10-20(15)17(23)14-11-12(2)21(19-14)13-7-5-4-6-8-13/h4-8,11,15H,3,9-10H2,1-2H3,(H,18,22)/t15-/m1/s1. The first-order valence-corrected chi connectivity index (χ1v) is 7.82. The van der Waals surface area contributed by atoms with E-state index in [4.69, 9.17) is 0 Å². The molecule has 1 N–H and O–H groups in total. The van der Waals surface area contributed by atoms with Crippen LogP contribution < -0.4 is 5.32 Å². The molecule has 0 radical (unpaired) electrons. The third kappa shape index (κ3) is 2.84. The van der Waals surface area contributed by atoms with Crippen LogP contribution in [0.3, 0.4) is 0 Å². The van der Waals surface area contributed by atoms with Crippen LogP contribution in [-0.4, -0.2) is 45.6 Å². The molecule has 120 valence electrons. The van der Waals surface area contributed by atoms with Gasteiger partial charge < -0.3 is 10.2 Å². The maximum atomic E-state index is 12.8. The lowest BCUT2D eigenvalue weighted by atomic mass is 10.1. The van der Waals surface area contributed by atoms with Crippen LogP contribution in [-0.2, 0) is 4.79 Å². The van der Waals surface area contributed by atoms with Gasteiger partial charge in [-0.2, -0.15) is 5.10 Å². The number of rotatable bonds is 3. The molecule has 6 heteroatoms. The summed E-state index contributed by atoms with van der Waals surface area (Å²) in [5.74, 6) is -0.282. The number of para-hydroxylation sites is 1. The number of hydrogen-bond donors (Lipinski definition) is 1. The number of nitrogens with zero attached hydrogens (tertiary/aromatic N) is 3. The predicted octanol–water partition coefficient (Wildman–Crippen LogP) is 1.53. The van der Waals surface area contributed by atoms with E-state index in [1.807, 2.05) is 44.2 Å². The lowest BCUT2D eigenvalue weighted by Gasteiger charge is -2.33. The molecule has 0 spiro atoms. The summed E-state index contributed by atoms with van der Waals surface area (Å²) in [7, 11) is 0. The molecule has 0 unspecified atom stereocenters. The molecule has 23 heavy (non-hydrogen) atoms. The average Bonchev–Trinajstić information content (AvgIpc) is 2.96. The summed E-state index contributed by atoms with van der Waals surface area (Å²) in [6.07, 6.45) is 0.593. The van der Waals surface area contributed by atoms with Crippen LogP contribution in [0.2, 0.25) is 0 Å². The summed E-state index contributed by atoms with van der Waals surface area (Å²) >= 11 is 0. The summed E-state index contributed by atoms with van der Waals surface area (Å²) in [6, 6.07) is 11.0. The molecule has 0 saturated carbocycles. The first-order valence-electron chi connectivity index (χ1n) is 7.82. The van der Waals surface area contributed by atoms with Crippen LogP contribution in [0.25, 0.3) is 5.69 Å². The van der Waals surface area contributed by atoms with Gasteiger partial charge in [0.25, 0.3) is 5.91 Å². The van der Waals surface area contributed by atoms with Gasteiger partial charge in [-0.3, -0.25) is 9.59 Å². The molecule has 1 fully saturated rings. The SMILES string of the molecule is CC[C@@H]1C(=O)NCCN1C(=O)c1cc(C)n(-c2ccccc2)n1. The number of benzene rings is 1. The number of nitrogens with one attached hydrogen (secondary N) is 1. The van der Waals surface area contributed by atoms with E-state index in [1.165, 1.54) is 0 Å². The molecule has 2 aromatic rings. The Morgan fingerprint density at radius 1 is 1.35 bits per heavy atom. The maximum absolute atomic E-state index is 12.8. The summed E-state index contributed by atoms with van der Waals surface area (Å²) in [6.45, 7) is 4.82. The van der Waals surface area contributed by atoms with Gasteiger partial charge in [0, 0.05) is 18.8 Å². The summed E-state index contributed by atoms with van der Waals surface area (Å²) < 4.78 is 1.75. The zero-order valence-corrected chi connectivity index (χ0v) is 13.3. The highest BCUT2D eigenvalue weighted by atomic mass is 16.2. The van der Waals surface area contributed by atoms with Crippen molar-refractivity contribution in [2.45, 2.75) is 26.3 Å². The highest BCUT2D eigenvalue weighted by molar-refractivity contribution is 5.97. The molecule has 1 aliphatic rings. The van der Waals surface area contributed by atoms with Crippen molar-refractivity contribution in [2.24, 2.45) is 0 Å². The second-order valence-electron chi connectivity index (χ2n) is 5.63. The van der Waals surface area contributed by atoms with Crippen LogP contribution in [0.1, 0.15) is 29.5 Å². The van der Waals surface area contributed by atoms with E-state index in [0.717, 1.165) is 11.4 Å². The van der Waals surface area contributed by atoms with E-state index >= 15 is 0 Å². The number of aryl methyl sites for hydroxylation is 1. The summed E-state index contributed by atoms with van der Waals surface area (Å²) in [4.78, 5) is 26.3. The predicted molar refractivity (Wildman–Crippen MR) is 86.4 cm³/mol. The van der Waals surface area contributed by atoms with Gasteiger partial charge in [-0.1, -0.05) is 25.1 Å². The third-order valence-corrected chi connectivity index (χ3v) is 4.09. The number of hydrogen-bond acceptors (Lipinski definition) is 3. The smallest absolute Gasteiger partial charge is 0.275 e. The molecule has 0 aliphatic carbocycles. The minimum absolute atomic E-state index is 0.0914. The Kier molecular flexibility index (Phi) is 4.14. The van der Waals surface area contributed by atoms with Gasteiger partial charge in [0.05, 0.1) is 5.69 Å². The molecule has 6 nitrogen and oxygen atoms in total. The summed E-state index contributed by atoms with van der Waals surface area (Å²) in [5.41, 5.74) is 2.17. The first kappa shape index (κ1) is 15.3. The molecule has 1 saturated heterocycles. The minimum Gasteiger partial charge on any atom is -0.353 e. The Balaban J connectivity index is 1.90. The van der Waals surface area contributed by atoms with Gasteiger partial charge in [-0.15, -0.1) is 0 Å². The Bertz CT molecular complexity index is 723. The van der Waals surface area contributed by atoms with Crippen molar-refractivity contribution >= 4 is 11.8 Å². The number of piperazine rings is 1. The molecule has 2 amide bonds. The van der Waals surface area contributed by atoms with E-state index in [2.05, 4.69) is 10.4 Å².